The van der Waals surface area contributed by atoms with Crippen LogP contribution in [0.1, 0.15) is 58.3 Å². The summed E-state index contributed by atoms with van der Waals surface area (Å²) in [6.07, 6.45) is 9.16. The second-order valence-corrected chi connectivity index (χ2v) is 5.84. The van der Waals surface area contributed by atoms with Crippen LogP contribution in [0.15, 0.2) is 0 Å². The third-order valence-corrected chi connectivity index (χ3v) is 4.36. The molecule has 0 heterocycles. The van der Waals surface area contributed by atoms with Crippen LogP contribution in [0.3, 0.4) is 0 Å². The van der Waals surface area contributed by atoms with Crippen molar-refractivity contribution in [2.75, 3.05) is 0 Å². The first-order valence-electron chi connectivity index (χ1n) is 7.18. The quantitative estimate of drug-likeness (QED) is 0.749. The maximum absolute atomic E-state index is 10.9. The van der Waals surface area contributed by atoms with Crippen molar-refractivity contribution in [1.29, 1.82) is 0 Å². The molecule has 0 aliphatic heterocycles. The lowest BCUT2D eigenvalue weighted by Crippen LogP contribution is -2.41. The zero-order chi connectivity index (χ0) is 12.3. The second kappa shape index (κ2) is 5.85. The molecule has 2 aliphatic carbocycles. The minimum atomic E-state index is -0.603. The van der Waals surface area contributed by atoms with Gasteiger partial charge in [-0.25, -0.2) is 0 Å². The van der Waals surface area contributed by atoms with E-state index in [0.29, 0.717) is 12.1 Å². The molecule has 2 saturated carbocycles. The standard InChI is InChI=1S/C14H25NO2/c1-2-12(9-10-3-4-10)15-13-7-5-11(6-8-13)14(16)17/h10-13,15H,2-9H2,1H3,(H,16,17). The predicted molar refractivity (Wildman–Crippen MR) is 67.9 cm³/mol. The summed E-state index contributed by atoms with van der Waals surface area (Å²) in [6.45, 7) is 2.25. The molecule has 3 heteroatoms. The number of carbonyl (C=O) groups is 1. The van der Waals surface area contributed by atoms with Crippen molar-refractivity contribution in [1.82, 2.24) is 5.32 Å². The van der Waals surface area contributed by atoms with Crippen molar-refractivity contribution in [2.45, 2.75) is 70.4 Å². The number of aliphatic carboxylic acids is 1. The Balaban J connectivity index is 1.70. The lowest BCUT2D eigenvalue weighted by Gasteiger charge is -2.30. The van der Waals surface area contributed by atoms with Gasteiger partial charge in [0.2, 0.25) is 0 Å². The van der Waals surface area contributed by atoms with Gasteiger partial charge in [0.15, 0.2) is 0 Å². The monoisotopic (exact) mass is 239 g/mol. The summed E-state index contributed by atoms with van der Waals surface area (Å²) in [5, 5.41) is 12.7. The van der Waals surface area contributed by atoms with Gasteiger partial charge in [0.25, 0.3) is 0 Å². The molecule has 1 atom stereocenters. The zero-order valence-corrected chi connectivity index (χ0v) is 10.8. The maximum atomic E-state index is 10.9. The van der Waals surface area contributed by atoms with Crippen molar-refractivity contribution in [2.24, 2.45) is 11.8 Å². The van der Waals surface area contributed by atoms with Crippen molar-refractivity contribution >= 4 is 5.97 Å². The molecule has 0 aromatic heterocycles. The third-order valence-electron chi connectivity index (χ3n) is 4.36. The fourth-order valence-corrected chi connectivity index (χ4v) is 2.95. The first kappa shape index (κ1) is 12.9. The van der Waals surface area contributed by atoms with Gasteiger partial charge in [0.1, 0.15) is 0 Å². The minimum Gasteiger partial charge on any atom is -0.481 e. The van der Waals surface area contributed by atoms with Crippen molar-refractivity contribution in [3.05, 3.63) is 0 Å². The van der Waals surface area contributed by atoms with E-state index in [9.17, 15) is 4.79 Å². The summed E-state index contributed by atoms with van der Waals surface area (Å²) >= 11 is 0. The van der Waals surface area contributed by atoms with Crippen LogP contribution in [0.5, 0.6) is 0 Å². The molecule has 98 valence electrons. The fraction of sp³-hybridized carbons (Fsp3) is 0.929. The summed E-state index contributed by atoms with van der Waals surface area (Å²) < 4.78 is 0. The zero-order valence-electron chi connectivity index (χ0n) is 10.8. The Bertz CT molecular complexity index is 255. The summed E-state index contributed by atoms with van der Waals surface area (Å²) in [5.41, 5.74) is 0. The summed E-state index contributed by atoms with van der Waals surface area (Å²) in [7, 11) is 0. The van der Waals surface area contributed by atoms with Gasteiger partial charge in [-0.05, 0) is 44.4 Å². The van der Waals surface area contributed by atoms with E-state index in [4.69, 9.17) is 5.11 Å². The van der Waals surface area contributed by atoms with Gasteiger partial charge in [0, 0.05) is 12.1 Å². The fourth-order valence-electron chi connectivity index (χ4n) is 2.95. The largest absolute Gasteiger partial charge is 0.481 e. The molecule has 0 aromatic rings. The van der Waals surface area contributed by atoms with Gasteiger partial charge in [-0.2, -0.15) is 0 Å². The number of hydrogen-bond donors (Lipinski definition) is 2. The molecule has 2 fully saturated rings. The molecule has 3 nitrogen and oxygen atoms in total. The van der Waals surface area contributed by atoms with Crippen LogP contribution in [0, 0.1) is 11.8 Å². The number of nitrogens with one attached hydrogen (secondary N) is 1. The molecule has 0 spiro atoms. The summed E-state index contributed by atoms with van der Waals surface area (Å²) in [4.78, 5) is 10.9. The number of rotatable bonds is 6. The lowest BCUT2D eigenvalue weighted by atomic mass is 9.85. The van der Waals surface area contributed by atoms with Crippen molar-refractivity contribution in [3.63, 3.8) is 0 Å². The highest BCUT2D eigenvalue weighted by Crippen LogP contribution is 2.34. The number of carboxylic acid groups (broad SMARTS) is 1. The van der Waals surface area contributed by atoms with Crippen molar-refractivity contribution in [3.8, 4) is 0 Å². The molecule has 1 unspecified atom stereocenters. The van der Waals surface area contributed by atoms with Crippen LogP contribution >= 0.6 is 0 Å². The summed E-state index contributed by atoms with van der Waals surface area (Å²) in [5.74, 6) is 0.285. The van der Waals surface area contributed by atoms with Crippen LogP contribution in [-0.4, -0.2) is 23.2 Å². The van der Waals surface area contributed by atoms with Crippen LogP contribution < -0.4 is 5.32 Å². The van der Waals surface area contributed by atoms with E-state index in [1.54, 1.807) is 0 Å². The smallest absolute Gasteiger partial charge is 0.306 e. The molecule has 0 aromatic carbocycles. The second-order valence-electron chi connectivity index (χ2n) is 5.84. The Kier molecular flexibility index (Phi) is 4.43. The number of hydrogen-bond acceptors (Lipinski definition) is 2. The van der Waals surface area contributed by atoms with E-state index in [0.717, 1.165) is 31.6 Å². The molecule has 0 saturated heterocycles. The molecular weight excluding hydrogens is 214 g/mol. The highest BCUT2D eigenvalue weighted by atomic mass is 16.4. The minimum absolute atomic E-state index is 0.0865. The Hall–Kier alpha value is -0.570. The molecule has 0 amide bonds. The maximum Gasteiger partial charge on any atom is 0.306 e. The Labute approximate surface area is 104 Å². The normalized spacial score (nSPS) is 31.1. The molecule has 0 bridgehead atoms. The first-order valence-corrected chi connectivity index (χ1v) is 7.18. The van der Waals surface area contributed by atoms with Crippen LogP contribution in [0.25, 0.3) is 0 Å². The summed E-state index contributed by atoms with van der Waals surface area (Å²) in [6, 6.07) is 1.23. The average molecular weight is 239 g/mol. The van der Waals surface area contributed by atoms with Crippen LogP contribution in [0.2, 0.25) is 0 Å². The van der Waals surface area contributed by atoms with E-state index in [1.807, 2.05) is 0 Å². The van der Waals surface area contributed by atoms with Gasteiger partial charge in [-0.3, -0.25) is 4.79 Å². The Morgan fingerprint density at radius 2 is 1.88 bits per heavy atom. The average Bonchev–Trinajstić information content (AvgIpc) is 3.13. The Morgan fingerprint density at radius 1 is 1.24 bits per heavy atom. The first-order chi connectivity index (χ1) is 8.19. The van der Waals surface area contributed by atoms with Gasteiger partial charge in [0.05, 0.1) is 5.92 Å². The number of carboxylic acids is 1. The molecule has 2 rings (SSSR count). The van der Waals surface area contributed by atoms with Gasteiger partial charge >= 0.3 is 5.97 Å². The van der Waals surface area contributed by atoms with E-state index in [2.05, 4.69) is 12.2 Å². The van der Waals surface area contributed by atoms with Gasteiger partial charge < -0.3 is 10.4 Å². The predicted octanol–water partition coefficient (Wildman–Crippen LogP) is 2.80. The highest BCUT2D eigenvalue weighted by molar-refractivity contribution is 5.70. The molecule has 2 aliphatic rings. The van der Waals surface area contributed by atoms with Crippen LogP contribution in [0.4, 0.5) is 0 Å². The SMILES string of the molecule is CCC(CC1CC1)NC1CCC(C(=O)O)CC1. The topological polar surface area (TPSA) is 49.3 Å². The van der Waals surface area contributed by atoms with Gasteiger partial charge in [-0.1, -0.05) is 19.8 Å². The Morgan fingerprint density at radius 3 is 2.35 bits per heavy atom. The van der Waals surface area contributed by atoms with E-state index in [-0.39, 0.29) is 5.92 Å². The molecular formula is C14H25NO2. The third kappa shape index (κ3) is 3.98. The van der Waals surface area contributed by atoms with E-state index >= 15 is 0 Å². The molecule has 0 radical (unpaired) electrons. The van der Waals surface area contributed by atoms with Crippen LogP contribution in [-0.2, 0) is 4.79 Å². The van der Waals surface area contributed by atoms with E-state index < -0.39 is 5.97 Å². The molecule has 2 N–H and O–H groups in total. The van der Waals surface area contributed by atoms with Gasteiger partial charge in [-0.15, -0.1) is 0 Å². The highest BCUT2D eigenvalue weighted by Gasteiger charge is 2.29. The van der Waals surface area contributed by atoms with E-state index in [1.165, 1.54) is 25.7 Å². The van der Waals surface area contributed by atoms with Crippen molar-refractivity contribution < 1.29 is 9.90 Å². The lowest BCUT2D eigenvalue weighted by molar-refractivity contribution is -0.142. The molecule has 17 heavy (non-hydrogen) atoms.